The van der Waals surface area contributed by atoms with Crippen molar-refractivity contribution in [2.45, 2.75) is 154 Å². The van der Waals surface area contributed by atoms with Crippen LogP contribution in [0, 0.1) is 11.8 Å². The highest BCUT2D eigenvalue weighted by Gasteiger charge is 2.54. The van der Waals surface area contributed by atoms with Crippen molar-refractivity contribution in [3.63, 3.8) is 0 Å². The standard InChI is InChI=1S/C46H60N2O12.2BrH/c1-27(49)55-41-16-10-31(18-43(41)57-29(3)51)25-47(5)35-12-13-36(47)22-39(21-35)59-45(53)33-8-7-9-34(20-33)46(54)60-40-23-37-14-15-38(24-40)48(37,6)26-32-11-17-42(56-28(2)50)44(19-32)58-30(4)52;;/h10-11,16-19,33-40H,7-9,12-15,20-26H2,1-6H3;2*1H/q+2;;/p-2. The molecule has 7 rings (SSSR count). The van der Waals surface area contributed by atoms with Crippen LogP contribution in [0.2, 0.25) is 0 Å². The zero-order chi connectivity index (χ0) is 42.9. The molecule has 62 heavy (non-hydrogen) atoms. The molecule has 16 heteroatoms. The molecule has 1 saturated carbocycles. The number of piperidine rings is 2. The van der Waals surface area contributed by atoms with E-state index in [9.17, 15) is 28.8 Å². The minimum Gasteiger partial charge on any atom is -1.00 e. The van der Waals surface area contributed by atoms with Crippen molar-refractivity contribution in [3.8, 4) is 23.0 Å². The SMILES string of the molecule is CC(=O)Oc1ccc(C[N+]2(C)C3CCC2CC(OC(=O)C2CCCC(C(=O)OC4CC5CCC(C4)[N+]5(C)Cc4ccc(OC(C)=O)c(OC(C)=O)c4)C2)C3)cc1OC(C)=O.[Br-].[Br-]. The van der Waals surface area contributed by atoms with Crippen LogP contribution in [0.4, 0.5) is 0 Å². The third-order valence-corrected chi connectivity index (χ3v) is 14.1. The Kier molecular flexibility index (Phi) is 16.1. The molecule has 0 spiro atoms. The van der Waals surface area contributed by atoms with Gasteiger partial charge in [0.15, 0.2) is 23.0 Å². The normalized spacial score (nSPS) is 30.7. The van der Waals surface area contributed by atoms with Crippen LogP contribution in [-0.2, 0) is 51.3 Å². The summed E-state index contributed by atoms with van der Waals surface area (Å²) in [6.45, 7) is 6.62. The largest absolute Gasteiger partial charge is 1.00 e. The third kappa shape index (κ3) is 11.1. The van der Waals surface area contributed by atoms with Gasteiger partial charge < -0.3 is 71.4 Å². The van der Waals surface area contributed by atoms with Gasteiger partial charge in [0.05, 0.1) is 50.1 Å². The van der Waals surface area contributed by atoms with Crippen molar-refractivity contribution in [3.05, 3.63) is 47.5 Å². The molecule has 340 valence electrons. The molecule has 14 nitrogen and oxygen atoms in total. The fourth-order valence-electron chi connectivity index (χ4n) is 11.3. The van der Waals surface area contributed by atoms with E-state index >= 15 is 0 Å². The highest BCUT2D eigenvalue weighted by molar-refractivity contribution is 5.77. The molecule has 1 aliphatic carbocycles. The minimum absolute atomic E-state index is 0. The Morgan fingerprint density at radius 2 is 0.806 bits per heavy atom. The lowest BCUT2D eigenvalue weighted by molar-refractivity contribution is -0.961. The van der Waals surface area contributed by atoms with Crippen LogP contribution in [-0.4, -0.2) is 95.3 Å². The fraction of sp³-hybridized carbons (Fsp3) is 0.609. The molecule has 5 aliphatic rings. The molecule has 2 aromatic carbocycles. The summed E-state index contributed by atoms with van der Waals surface area (Å²) in [4.78, 5) is 74.2. The molecule has 0 radical (unpaired) electrons. The second-order valence-corrected chi connectivity index (χ2v) is 18.3. The summed E-state index contributed by atoms with van der Waals surface area (Å²) in [6, 6.07) is 11.9. The van der Waals surface area contributed by atoms with Crippen LogP contribution in [0.15, 0.2) is 36.4 Å². The summed E-state index contributed by atoms with van der Waals surface area (Å²) >= 11 is 0. The Morgan fingerprint density at radius 1 is 0.484 bits per heavy atom. The van der Waals surface area contributed by atoms with Crippen molar-refractivity contribution in [1.82, 2.24) is 0 Å². The van der Waals surface area contributed by atoms with E-state index in [0.717, 1.165) is 77.9 Å². The molecule has 4 saturated heterocycles. The number of carbonyl (C=O) groups is 6. The van der Waals surface area contributed by atoms with E-state index in [0.29, 0.717) is 56.5 Å². The van der Waals surface area contributed by atoms with Crippen molar-refractivity contribution < 1.29 is 100 Å². The topological polar surface area (TPSA) is 158 Å². The summed E-state index contributed by atoms with van der Waals surface area (Å²) in [5, 5.41) is 0. The number of halogens is 2. The molecule has 5 fully saturated rings. The molecule has 6 unspecified atom stereocenters. The number of nitrogens with zero attached hydrogens (tertiary/aromatic N) is 2. The van der Waals surface area contributed by atoms with Crippen LogP contribution < -0.4 is 52.9 Å². The Labute approximate surface area is 384 Å². The predicted octanol–water partition coefficient (Wildman–Crippen LogP) is 0.269. The van der Waals surface area contributed by atoms with Crippen molar-refractivity contribution >= 4 is 35.8 Å². The number of benzene rings is 2. The van der Waals surface area contributed by atoms with Crippen LogP contribution in [0.25, 0.3) is 0 Å². The number of quaternary nitrogens is 2. The van der Waals surface area contributed by atoms with Gasteiger partial charge in [0.25, 0.3) is 0 Å². The summed E-state index contributed by atoms with van der Waals surface area (Å²) < 4.78 is 35.4. The summed E-state index contributed by atoms with van der Waals surface area (Å²) in [5.74, 6) is -2.22. The minimum atomic E-state index is -0.497. The summed E-state index contributed by atoms with van der Waals surface area (Å²) in [7, 11) is 4.49. The van der Waals surface area contributed by atoms with E-state index in [1.54, 1.807) is 24.3 Å². The monoisotopic (exact) mass is 990 g/mol. The first-order valence-electron chi connectivity index (χ1n) is 21.6. The van der Waals surface area contributed by atoms with E-state index in [2.05, 4.69) is 14.1 Å². The average Bonchev–Trinajstić information content (AvgIpc) is 3.40. The molecule has 4 heterocycles. The number of hydrogen-bond acceptors (Lipinski definition) is 12. The quantitative estimate of drug-likeness (QED) is 0.163. The van der Waals surface area contributed by atoms with E-state index in [1.807, 2.05) is 12.1 Å². The van der Waals surface area contributed by atoms with Gasteiger partial charge in [0.2, 0.25) is 0 Å². The fourth-order valence-corrected chi connectivity index (χ4v) is 11.3. The Bertz CT molecular complexity index is 1860. The smallest absolute Gasteiger partial charge is 0.309 e. The Hall–Kier alpha value is -3.86. The molecule has 0 N–H and O–H groups in total. The van der Waals surface area contributed by atoms with Gasteiger partial charge in [0, 0.05) is 90.2 Å². The van der Waals surface area contributed by atoms with Gasteiger partial charge in [-0.05, 0) is 55.7 Å². The molecule has 4 bridgehead atoms. The number of ether oxygens (including phenoxy) is 6. The van der Waals surface area contributed by atoms with Gasteiger partial charge >= 0.3 is 35.8 Å². The molecular weight excluding hydrogens is 932 g/mol. The lowest BCUT2D eigenvalue weighted by atomic mass is 9.81. The van der Waals surface area contributed by atoms with Gasteiger partial charge in [0.1, 0.15) is 25.3 Å². The highest BCUT2D eigenvalue weighted by atomic mass is 79.9. The zero-order valence-electron chi connectivity index (χ0n) is 36.5. The average molecular weight is 993 g/mol. The van der Waals surface area contributed by atoms with E-state index in [4.69, 9.17) is 28.4 Å². The number of esters is 6. The van der Waals surface area contributed by atoms with Crippen molar-refractivity contribution in [2.75, 3.05) is 14.1 Å². The van der Waals surface area contributed by atoms with E-state index in [-0.39, 0.29) is 92.9 Å². The lowest BCUT2D eigenvalue weighted by Crippen LogP contribution is -3.00. The Balaban J connectivity index is 0.00000363. The van der Waals surface area contributed by atoms with E-state index in [1.165, 1.54) is 27.7 Å². The highest BCUT2D eigenvalue weighted by Crippen LogP contribution is 2.46. The first-order valence-corrected chi connectivity index (χ1v) is 21.6. The van der Waals surface area contributed by atoms with Gasteiger partial charge in [-0.15, -0.1) is 0 Å². The first-order chi connectivity index (χ1) is 28.5. The third-order valence-electron chi connectivity index (χ3n) is 14.1. The van der Waals surface area contributed by atoms with Crippen molar-refractivity contribution in [1.29, 1.82) is 0 Å². The molecular formula is C46H60Br2N2O12. The molecule has 0 amide bonds. The predicted molar refractivity (Wildman–Crippen MR) is 215 cm³/mol. The lowest BCUT2D eigenvalue weighted by Gasteiger charge is -2.47. The molecule has 6 atom stereocenters. The van der Waals surface area contributed by atoms with Gasteiger partial charge in [-0.2, -0.15) is 0 Å². The van der Waals surface area contributed by atoms with Crippen LogP contribution in [0.1, 0.15) is 116 Å². The number of hydrogen-bond donors (Lipinski definition) is 0. The second-order valence-electron chi connectivity index (χ2n) is 18.3. The molecule has 0 aromatic heterocycles. The molecule has 4 aliphatic heterocycles. The van der Waals surface area contributed by atoms with Gasteiger partial charge in [-0.25, -0.2) is 0 Å². The van der Waals surface area contributed by atoms with Gasteiger partial charge in [-0.3, -0.25) is 28.8 Å². The number of fused-ring (bicyclic) bond motifs is 4. The van der Waals surface area contributed by atoms with Crippen LogP contribution in [0.3, 0.4) is 0 Å². The maximum atomic E-state index is 13.7. The Morgan fingerprint density at radius 3 is 1.13 bits per heavy atom. The number of rotatable bonds is 12. The second kappa shape index (κ2) is 20.3. The van der Waals surface area contributed by atoms with Crippen LogP contribution >= 0.6 is 0 Å². The summed E-state index contributed by atoms with van der Waals surface area (Å²) in [6.07, 6.45) is 9.39. The zero-order valence-corrected chi connectivity index (χ0v) is 39.7. The maximum absolute atomic E-state index is 13.7. The first kappa shape index (κ1) is 49.2. The molecule has 2 aromatic rings. The van der Waals surface area contributed by atoms with Crippen LogP contribution in [0.5, 0.6) is 23.0 Å². The summed E-state index contributed by atoms with van der Waals surface area (Å²) in [5.41, 5.74) is 1.93. The van der Waals surface area contributed by atoms with E-state index < -0.39 is 23.9 Å². The van der Waals surface area contributed by atoms with Crippen molar-refractivity contribution in [2.24, 2.45) is 11.8 Å². The maximum Gasteiger partial charge on any atom is 0.309 e. The number of carbonyl (C=O) groups excluding carboxylic acids is 6. The van der Waals surface area contributed by atoms with Gasteiger partial charge in [-0.1, -0.05) is 6.42 Å².